The minimum absolute atomic E-state index is 0.0204. The zero-order valence-electron chi connectivity index (χ0n) is 13.7. The molecule has 0 fully saturated rings. The Morgan fingerprint density at radius 1 is 1.04 bits per heavy atom. The molecule has 0 aliphatic rings. The molecule has 0 aliphatic carbocycles. The van der Waals surface area contributed by atoms with E-state index in [1.54, 1.807) is 0 Å². The van der Waals surface area contributed by atoms with Gasteiger partial charge in [-0.25, -0.2) is 5.90 Å². The number of carbonyl (C=O) groups is 1. The lowest BCUT2D eigenvalue weighted by Gasteiger charge is -2.26. The summed E-state index contributed by atoms with van der Waals surface area (Å²) in [5.41, 5.74) is 1.76. The second-order valence-electron chi connectivity index (χ2n) is 6.32. The summed E-state index contributed by atoms with van der Waals surface area (Å²) < 4.78 is 0. The summed E-state index contributed by atoms with van der Waals surface area (Å²) in [7, 11) is 0. The zero-order valence-corrected chi connectivity index (χ0v) is 13.7. The largest absolute Gasteiger partial charge is 0.349 e. The molecule has 0 saturated heterocycles. The van der Waals surface area contributed by atoms with E-state index in [-0.39, 0.29) is 18.4 Å². The van der Waals surface area contributed by atoms with E-state index in [4.69, 9.17) is 5.90 Å². The zero-order chi connectivity index (χ0) is 16.7. The molecule has 0 bridgehead atoms. The normalized spacial score (nSPS) is 11.5. The molecule has 0 unspecified atom stereocenters. The van der Waals surface area contributed by atoms with E-state index in [0.717, 1.165) is 11.1 Å². The van der Waals surface area contributed by atoms with E-state index >= 15 is 0 Å². The minimum Gasteiger partial charge on any atom is -0.349 e. The van der Waals surface area contributed by atoms with Gasteiger partial charge in [0.2, 0.25) is 5.91 Å². The summed E-state index contributed by atoms with van der Waals surface area (Å²) in [6.07, 6.45) is 0.377. The van der Waals surface area contributed by atoms with Crippen molar-refractivity contribution >= 4 is 5.91 Å². The van der Waals surface area contributed by atoms with Crippen molar-refractivity contribution in [2.75, 3.05) is 6.61 Å². The Labute approximate surface area is 137 Å². The fourth-order valence-corrected chi connectivity index (χ4v) is 2.66. The third-order valence-corrected chi connectivity index (χ3v) is 3.72. The van der Waals surface area contributed by atoms with Gasteiger partial charge in [-0.2, -0.15) is 0 Å². The fourth-order valence-electron chi connectivity index (χ4n) is 2.66. The molecule has 4 nitrogen and oxygen atoms in total. The topological polar surface area (TPSA) is 64.3 Å². The number of hydrogen-bond donors (Lipinski definition) is 2. The summed E-state index contributed by atoms with van der Waals surface area (Å²) in [6.45, 7) is 4.04. The summed E-state index contributed by atoms with van der Waals surface area (Å²) in [5, 5.41) is 2.98. The molecular weight excluding hydrogens is 288 g/mol. The molecule has 3 N–H and O–H groups in total. The highest BCUT2D eigenvalue weighted by molar-refractivity contribution is 5.78. The van der Waals surface area contributed by atoms with Gasteiger partial charge in [-0.05, 0) is 25.0 Å². The molecular formula is C19H24N2O2. The third kappa shape index (κ3) is 5.20. The average Bonchev–Trinajstić information content (AvgIpc) is 2.53. The van der Waals surface area contributed by atoms with Crippen molar-refractivity contribution in [3.63, 3.8) is 0 Å². The van der Waals surface area contributed by atoms with Crippen molar-refractivity contribution in [3.05, 3.63) is 71.8 Å². The maximum absolute atomic E-state index is 12.5. The molecule has 0 aliphatic heterocycles. The van der Waals surface area contributed by atoms with Gasteiger partial charge in [0.25, 0.3) is 0 Å². The van der Waals surface area contributed by atoms with Gasteiger partial charge in [0.05, 0.1) is 12.1 Å². The van der Waals surface area contributed by atoms with E-state index in [1.165, 1.54) is 0 Å². The molecule has 0 heterocycles. The van der Waals surface area contributed by atoms with Gasteiger partial charge >= 0.3 is 0 Å². The quantitative estimate of drug-likeness (QED) is 0.773. The number of nitrogens with two attached hydrogens (primary N) is 1. The Kier molecular flexibility index (Phi) is 5.90. The van der Waals surface area contributed by atoms with Gasteiger partial charge in [0.1, 0.15) is 0 Å². The standard InChI is InChI=1S/C19H24N2O2/c1-19(2,14-23-20)21-18(22)13-17(15-9-5-3-6-10-15)16-11-7-4-8-12-16/h3-12,17H,13-14,20H2,1-2H3,(H,21,22). The maximum atomic E-state index is 12.5. The Bertz CT molecular complexity index is 572. The summed E-state index contributed by atoms with van der Waals surface area (Å²) >= 11 is 0. The van der Waals surface area contributed by atoms with Crippen LogP contribution in [0.2, 0.25) is 0 Å². The van der Waals surface area contributed by atoms with Crippen LogP contribution < -0.4 is 11.2 Å². The van der Waals surface area contributed by atoms with Crippen LogP contribution in [0.4, 0.5) is 0 Å². The smallest absolute Gasteiger partial charge is 0.221 e. The molecule has 122 valence electrons. The van der Waals surface area contributed by atoms with Gasteiger partial charge in [-0.15, -0.1) is 0 Å². The van der Waals surface area contributed by atoms with E-state index < -0.39 is 5.54 Å². The average molecular weight is 312 g/mol. The van der Waals surface area contributed by atoms with Crippen molar-refractivity contribution < 1.29 is 9.63 Å². The monoisotopic (exact) mass is 312 g/mol. The second-order valence-corrected chi connectivity index (χ2v) is 6.32. The lowest BCUT2D eigenvalue weighted by Crippen LogP contribution is -2.47. The fraction of sp³-hybridized carbons (Fsp3) is 0.316. The second kappa shape index (κ2) is 7.90. The number of hydrogen-bond acceptors (Lipinski definition) is 3. The molecule has 0 atom stereocenters. The van der Waals surface area contributed by atoms with Crippen LogP contribution in [0.5, 0.6) is 0 Å². The molecule has 0 saturated carbocycles. The van der Waals surface area contributed by atoms with E-state index in [9.17, 15) is 4.79 Å². The van der Waals surface area contributed by atoms with Crippen LogP contribution in [0.3, 0.4) is 0 Å². The Hall–Kier alpha value is -2.17. The predicted octanol–water partition coefficient (Wildman–Crippen LogP) is 2.99. The highest BCUT2D eigenvalue weighted by atomic mass is 16.6. The maximum Gasteiger partial charge on any atom is 0.221 e. The molecule has 0 radical (unpaired) electrons. The number of carbonyl (C=O) groups excluding carboxylic acids is 1. The molecule has 4 heteroatoms. The molecule has 2 aromatic carbocycles. The van der Waals surface area contributed by atoms with Crippen LogP contribution in [-0.2, 0) is 9.63 Å². The van der Waals surface area contributed by atoms with Gasteiger partial charge in [0, 0.05) is 12.3 Å². The first-order valence-electron chi connectivity index (χ1n) is 7.74. The van der Waals surface area contributed by atoms with Crippen LogP contribution >= 0.6 is 0 Å². The SMILES string of the molecule is CC(C)(CON)NC(=O)CC(c1ccccc1)c1ccccc1. The van der Waals surface area contributed by atoms with Crippen LogP contribution in [0.1, 0.15) is 37.3 Å². The lowest BCUT2D eigenvalue weighted by molar-refractivity contribution is -0.123. The number of rotatable bonds is 7. The van der Waals surface area contributed by atoms with Crippen molar-refractivity contribution in [1.29, 1.82) is 0 Å². The molecule has 23 heavy (non-hydrogen) atoms. The van der Waals surface area contributed by atoms with Gasteiger partial charge < -0.3 is 10.2 Å². The van der Waals surface area contributed by atoms with E-state index in [2.05, 4.69) is 34.4 Å². The first-order valence-corrected chi connectivity index (χ1v) is 7.74. The van der Waals surface area contributed by atoms with E-state index in [0.29, 0.717) is 6.42 Å². The molecule has 1 amide bonds. The number of amides is 1. The Morgan fingerprint density at radius 3 is 1.96 bits per heavy atom. The van der Waals surface area contributed by atoms with Crippen molar-refractivity contribution in [1.82, 2.24) is 5.32 Å². The number of benzene rings is 2. The number of nitrogens with one attached hydrogen (secondary N) is 1. The first kappa shape index (κ1) is 17.2. The molecule has 0 spiro atoms. The van der Waals surface area contributed by atoms with Crippen LogP contribution in [0.25, 0.3) is 0 Å². The van der Waals surface area contributed by atoms with Gasteiger partial charge in [-0.1, -0.05) is 60.7 Å². The predicted molar refractivity (Wildman–Crippen MR) is 91.7 cm³/mol. The van der Waals surface area contributed by atoms with Gasteiger partial charge in [0.15, 0.2) is 0 Å². The minimum atomic E-state index is -0.496. The van der Waals surface area contributed by atoms with Crippen LogP contribution in [0.15, 0.2) is 60.7 Å². The van der Waals surface area contributed by atoms with Crippen molar-refractivity contribution in [2.24, 2.45) is 5.90 Å². The van der Waals surface area contributed by atoms with Crippen molar-refractivity contribution in [3.8, 4) is 0 Å². The van der Waals surface area contributed by atoms with Gasteiger partial charge in [-0.3, -0.25) is 4.79 Å². The lowest BCUT2D eigenvalue weighted by atomic mass is 9.88. The Balaban J connectivity index is 2.18. The molecule has 2 rings (SSSR count). The van der Waals surface area contributed by atoms with Crippen LogP contribution in [-0.4, -0.2) is 18.1 Å². The summed E-state index contributed by atoms with van der Waals surface area (Å²) in [6, 6.07) is 20.2. The summed E-state index contributed by atoms with van der Waals surface area (Å²) in [5.74, 6) is 5.12. The first-order chi connectivity index (χ1) is 11.0. The highest BCUT2D eigenvalue weighted by Gasteiger charge is 2.24. The van der Waals surface area contributed by atoms with Crippen molar-refractivity contribution in [2.45, 2.75) is 31.7 Å². The summed E-state index contributed by atoms with van der Waals surface area (Å²) in [4.78, 5) is 17.2. The van der Waals surface area contributed by atoms with Crippen LogP contribution in [0, 0.1) is 0 Å². The Morgan fingerprint density at radius 2 is 1.52 bits per heavy atom. The highest BCUT2D eigenvalue weighted by Crippen LogP contribution is 2.28. The molecule has 0 aromatic heterocycles. The van der Waals surface area contributed by atoms with E-state index in [1.807, 2.05) is 50.2 Å². The molecule has 2 aromatic rings. The third-order valence-electron chi connectivity index (χ3n) is 3.72.